The Kier molecular flexibility index (Phi) is 3.64. The zero-order chi connectivity index (χ0) is 15.9. The number of aryl methyl sites for hydroxylation is 2. The van der Waals surface area contributed by atoms with Crippen LogP contribution in [0.3, 0.4) is 0 Å². The van der Waals surface area contributed by atoms with Crippen molar-refractivity contribution in [2.45, 2.75) is 33.7 Å². The lowest BCUT2D eigenvalue weighted by molar-refractivity contribution is -0.116. The van der Waals surface area contributed by atoms with E-state index in [2.05, 4.69) is 23.4 Å². The maximum absolute atomic E-state index is 11.6. The third-order valence-corrected chi connectivity index (χ3v) is 4.48. The van der Waals surface area contributed by atoms with E-state index in [-0.39, 0.29) is 5.91 Å². The fraction of sp³-hybridized carbons (Fsp3) is 0.412. The Balaban J connectivity index is 1.76. The highest BCUT2D eigenvalue weighted by atomic mass is 16.2. The molecule has 0 unspecified atom stereocenters. The summed E-state index contributed by atoms with van der Waals surface area (Å²) in [6.45, 7) is 7.30. The summed E-state index contributed by atoms with van der Waals surface area (Å²) in [6.07, 6.45) is 0.926. The van der Waals surface area contributed by atoms with Crippen molar-refractivity contribution in [2.75, 3.05) is 16.8 Å². The van der Waals surface area contributed by atoms with Gasteiger partial charge in [0.2, 0.25) is 5.91 Å². The van der Waals surface area contributed by atoms with Gasteiger partial charge in [0, 0.05) is 49.7 Å². The minimum Gasteiger partial charge on any atom is -0.381 e. The molecule has 0 bridgehead atoms. The van der Waals surface area contributed by atoms with Crippen LogP contribution in [-0.2, 0) is 24.8 Å². The van der Waals surface area contributed by atoms with Crippen LogP contribution in [0.5, 0.6) is 0 Å². The number of carbonyl (C=O) groups excluding carboxylic acids is 1. The van der Waals surface area contributed by atoms with Crippen molar-refractivity contribution in [1.82, 2.24) is 9.78 Å². The number of rotatable bonds is 3. The normalized spacial score (nSPS) is 13.4. The van der Waals surface area contributed by atoms with E-state index in [0.717, 1.165) is 36.6 Å². The Morgan fingerprint density at radius 3 is 2.77 bits per heavy atom. The summed E-state index contributed by atoms with van der Waals surface area (Å²) in [5.41, 5.74) is 6.87. The second-order valence-electron chi connectivity index (χ2n) is 5.89. The topological polar surface area (TPSA) is 50.2 Å². The molecule has 22 heavy (non-hydrogen) atoms. The molecule has 0 aliphatic carbocycles. The number of benzene rings is 1. The summed E-state index contributed by atoms with van der Waals surface area (Å²) in [7, 11) is 1.97. The summed E-state index contributed by atoms with van der Waals surface area (Å²) in [4.78, 5) is 13.4. The zero-order valence-corrected chi connectivity index (χ0v) is 13.6. The molecule has 1 aliphatic rings. The molecule has 1 amide bonds. The molecule has 0 radical (unpaired) electrons. The number of nitrogens with one attached hydrogen (secondary N) is 1. The van der Waals surface area contributed by atoms with E-state index in [0.29, 0.717) is 0 Å². The lowest BCUT2D eigenvalue weighted by Gasteiger charge is -2.15. The molecular formula is C17H22N4O. The molecule has 2 aromatic rings. The smallest absolute Gasteiger partial charge is 0.223 e. The monoisotopic (exact) mass is 298 g/mol. The van der Waals surface area contributed by atoms with Gasteiger partial charge in [-0.05, 0) is 44.0 Å². The van der Waals surface area contributed by atoms with Crippen LogP contribution in [0.25, 0.3) is 0 Å². The van der Waals surface area contributed by atoms with Gasteiger partial charge < -0.3 is 10.2 Å². The Morgan fingerprint density at radius 1 is 1.36 bits per heavy atom. The molecule has 1 N–H and O–H groups in total. The van der Waals surface area contributed by atoms with Gasteiger partial charge in [-0.15, -0.1) is 0 Å². The number of amides is 1. The highest BCUT2D eigenvalue weighted by molar-refractivity contribution is 5.94. The molecule has 2 heterocycles. The maximum atomic E-state index is 11.6. The lowest BCUT2D eigenvalue weighted by Crippen LogP contribution is -2.25. The van der Waals surface area contributed by atoms with E-state index in [9.17, 15) is 4.79 Å². The van der Waals surface area contributed by atoms with E-state index >= 15 is 0 Å². The van der Waals surface area contributed by atoms with Gasteiger partial charge in [-0.3, -0.25) is 9.48 Å². The fourth-order valence-electron chi connectivity index (χ4n) is 3.10. The Morgan fingerprint density at radius 2 is 2.14 bits per heavy atom. The van der Waals surface area contributed by atoms with Gasteiger partial charge in [-0.2, -0.15) is 5.10 Å². The highest BCUT2D eigenvalue weighted by Gasteiger charge is 2.22. The number of hydrogen-bond donors (Lipinski definition) is 1. The van der Waals surface area contributed by atoms with Crippen LogP contribution in [0.2, 0.25) is 0 Å². The van der Waals surface area contributed by atoms with Gasteiger partial charge in [-0.25, -0.2) is 0 Å². The number of carbonyl (C=O) groups is 1. The molecule has 5 nitrogen and oxygen atoms in total. The van der Waals surface area contributed by atoms with Crippen LogP contribution < -0.4 is 10.2 Å². The number of nitrogens with zero attached hydrogens (tertiary/aromatic N) is 3. The summed E-state index contributed by atoms with van der Waals surface area (Å²) in [6, 6.07) is 6.23. The third kappa shape index (κ3) is 2.47. The summed E-state index contributed by atoms with van der Waals surface area (Å²) < 4.78 is 1.92. The van der Waals surface area contributed by atoms with E-state index in [1.54, 1.807) is 6.92 Å². The van der Waals surface area contributed by atoms with E-state index in [4.69, 9.17) is 0 Å². The van der Waals surface area contributed by atoms with Gasteiger partial charge in [0.1, 0.15) is 0 Å². The first kappa shape index (κ1) is 14.6. The molecule has 0 saturated carbocycles. The van der Waals surface area contributed by atoms with Gasteiger partial charge in [0.25, 0.3) is 0 Å². The quantitative estimate of drug-likeness (QED) is 0.947. The molecule has 5 heteroatoms. The largest absolute Gasteiger partial charge is 0.381 e. The van der Waals surface area contributed by atoms with Crippen LogP contribution >= 0.6 is 0 Å². The highest BCUT2D eigenvalue weighted by Crippen LogP contribution is 2.30. The number of aromatic nitrogens is 2. The molecule has 1 aromatic heterocycles. The minimum absolute atomic E-state index is 0.112. The van der Waals surface area contributed by atoms with Crippen LogP contribution in [0.1, 0.15) is 29.4 Å². The average molecular weight is 298 g/mol. The third-order valence-electron chi connectivity index (χ3n) is 4.48. The molecule has 0 saturated heterocycles. The Hall–Kier alpha value is -2.30. The number of fused-ring (bicyclic) bond motifs is 1. The standard InChI is InChI=1S/C17H22N4O/c1-11-16(12(2)20(4)19-11)10-18-15-5-6-17-14(9-15)7-8-21(17)13(3)22/h5-6,9,18H,7-8,10H2,1-4H3. The van der Waals surface area contributed by atoms with Gasteiger partial charge in [0.15, 0.2) is 0 Å². The lowest BCUT2D eigenvalue weighted by atomic mass is 10.1. The maximum Gasteiger partial charge on any atom is 0.223 e. The summed E-state index contributed by atoms with van der Waals surface area (Å²) in [5.74, 6) is 0.112. The van der Waals surface area contributed by atoms with Crippen molar-refractivity contribution in [3.8, 4) is 0 Å². The SMILES string of the molecule is CC(=O)N1CCc2cc(NCc3c(C)nn(C)c3C)ccc21. The number of hydrogen-bond acceptors (Lipinski definition) is 3. The number of anilines is 2. The second kappa shape index (κ2) is 5.48. The van der Waals surface area contributed by atoms with Crippen molar-refractivity contribution >= 4 is 17.3 Å². The van der Waals surface area contributed by atoms with E-state index in [1.165, 1.54) is 16.8 Å². The average Bonchev–Trinajstić information content (AvgIpc) is 2.99. The Bertz CT molecular complexity index is 733. The van der Waals surface area contributed by atoms with Gasteiger partial charge in [-0.1, -0.05) is 0 Å². The van der Waals surface area contributed by atoms with Gasteiger partial charge >= 0.3 is 0 Å². The molecule has 0 spiro atoms. The zero-order valence-electron chi connectivity index (χ0n) is 13.6. The first-order valence-electron chi connectivity index (χ1n) is 7.61. The fourth-order valence-corrected chi connectivity index (χ4v) is 3.10. The van der Waals surface area contributed by atoms with Crippen LogP contribution in [0.4, 0.5) is 11.4 Å². The van der Waals surface area contributed by atoms with Crippen LogP contribution in [-0.4, -0.2) is 22.2 Å². The molecule has 116 valence electrons. The molecule has 3 rings (SSSR count). The molecule has 0 atom stereocenters. The van der Waals surface area contributed by atoms with Crippen molar-refractivity contribution in [3.63, 3.8) is 0 Å². The second-order valence-corrected chi connectivity index (χ2v) is 5.89. The minimum atomic E-state index is 0.112. The Labute approximate surface area is 130 Å². The first-order chi connectivity index (χ1) is 10.5. The molecule has 1 aliphatic heterocycles. The van der Waals surface area contributed by atoms with Crippen LogP contribution in [0.15, 0.2) is 18.2 Å². The van der Waals surface area contributed by atoms with E-state index < -0.39 is 0 Å². The van der Waals surface area contributed by atoms with Gasteiger partial charge in [0.05, 0.1) is 5.69 Å². The van der Waals surface area contributed by atoms with E-state index in [1.807, 2.05) is 35.7 Å². The van der Waals surface area contributed by atoms with Crippen molar-refractivity contribution in [1.29, 1.82) is 0 Å². The predicted molar refractivity (Wildman–Crippen MR) is 88.2 cm³/mol. The molecule has 1 aromatic carbocycles. The van der Waals surface area contributed by atoms with Crippen molar-refractivity contribution in [3.05, 3.63) is 40.7 Å². The first-order valence-corrected chi connectivity index (χ1v) is 7.61. The predicted octanol–water partition coefficient (Wildman–Crippen LogP) is 2.56. The summed E-state index contributed by atoms with van der Waals surface area (Å²) in [5, 5.41) is 7.92. The van der Waals surface area contributed by atoms with Crippen molar-refractivity contribution in [2.24, 2.45) is 7.05 Å². The molecule has 0 fully saturated rings. The molecular weight excluding hydrogens is 276 g/mol. The summed E-state index contributed by atoms with van der Waals surface area (Å²) >= 11 is 0. The van der Waals surface area contributed by atoms with Crippen LogP contribution in [0, 0.1) is 13.8 Å². The van der Waals surface area contributed by atoms with Crippen molar-refractivity contribution < 1.29 is 4.79 Å².